The van der Waals surface area contributed by atoms with Crippen molar-refractivity contribution in [3.63, 3.8) is 0 Å². The van der Waals surface area contributed by atoms with Crippen LogP contribution in [0.2, 0.25) is 0 Å². The highest BCUT2D eigenvalue weighted by Gasteiger charge is 2.42. The smallest absolute Gasteiger partial charge is 0.336 e. The number of rotatable bonds is 2. The second-order valence-electron chi connectivity index (χ2n) is 7.51. The van der Waals surface area contributed by atoms with Crippen molar-refractivity contribution < 1.29 is 19.4 Å². The number of benzene rings is 1. The second kappa shape index (κ2) is 6.06. The molecule has 1 atom stereocenters. The summed E-state index contributed by atoms with van der Waals surface area (Å²) in [7, 11) is 1.34. The fourth-order valence-electron chi connectivity index (χ4n) is 3.82. The molecule has 1 heterocycles. The van der Waals surface area contributed by atoms with Gasteiger partial charge in [0, 0.05) is 29.3 Å². The Kier molecular flexibility index (Phi) is 4.19. The van der Waals surface area contributed by atoms with Gasteiger partial charge in [0.2, 0.25) is 0 Å². The summed E-state index contributed by atoms with van der Waals surface area (Å²) in [4.78, 5) is 25.4. The van der Waals surface area contributed by atoms with Crippen LogP contribution in [0.4, 0.5) is 0 Å². The molecule has 5 nitrogen and oxygen atoms in total. The molecule has 5 heteroatoms. The summed E-state index contributed by atoms with van der Waals surface area (Å²) in [6.07, 6.45) is 1.18. The van der Waals surface area contributed by atoms with Crippen LogP contribution in [0.15, 0.2) is 46.8 Å². The fraction of sp³-hybridized carbons (Fsp3) is 0.400. The van der Waals surface area contributed by atoms with Crippen molar-refractivity contribution in [1.29, 1.82) is 0 Å². The zero-order valence-electron chi connectivity index (χ0n) is 15.0. The number of ether oxygens (including phenoxy) is 1. The number of methoxy groups -OCH3 is 1. The molecule has 0 amide bonds. The average Bonchev–Trinajstić information content (AvgIpc) is 2.52. The van der Waals surface area contributed by atoms with Gasteiger partial charge in [0.1, 0.15) is 5.75 Å². The number of hydrogen-bond donors (Lipinski definition) is 2. The molecule has 1 aromatic rings. The first-order valence-corrected chi connectivity index (χ1v) is 8.35. The molecule has 0 spiro atoms. The van der Waals surface area contributed by atoms with Gasteiger partial charge in [-0.25, -0.2) is 4.79 Å². The van der Waals surface area contributed by atoms with E-state index in [0.29, 0.717) is 23.3 Å². The van der Waals surface area contributed by atoms with Crippen LogP contribution in [0.1, 0.15) is 45.1 Å². The molecule has 0 fully saturated rings. The van der Waals surface area contributed by atoms with E-state index in [0.717, 1.165) is 17.7 Å². The number of aromatic hydroxyl groups is 1. The quantitative estimate of drug-likeness (QED) is 0.808. The molecule has 132 valence electrons. The lowest BCUT2D eigenvalue weighted by molar-refractivity contribution is -0.136. The van der Waals surface area contributed by atoms with Crippen molar-refractivity contribution >= 4 is 11.8 Å². The number of Topliss-reactive ketones (excluding diaryl/α,β-unsaturated/α-hetero) is 1. The van der Waals surface area contributed by atoms with Crippen molar-refractivity contribution in [2.45, 2.75) is 39.5 Å². The minimum Gasteiger partial charge on any atom is -0.508 e. The Labute approximate surface area is 147 Å². The predicted octanol–water partition coefficient (Wildman–Crippen LogP) is 3.17. The van der Waals surface area contributed by atoms with Crippen LogP contribution in [0.25, 0.3) is 0 Å². The maximum absolute atomic E-state index is 12.9. The zero-order valence-corrected chi connectivity index (χ0v) is 15.0. The van der Waals surface area contributed by atoms with E-state index in [9.17, 15) is 14.7 Å². The molecule has 1 aliphatic heterocycles. The number of phenolic OH excluding ortho intramolecular Hbond substituents is 1. The number of hydrogen-bond acceptors (Lipinski definition) is 5. The number of nitrogens with one attached hydrogen (secondary N) is 1. The van der Waals surface area contributed by atoms with E-state index < -0.39 is 11.9 Å². The maximum Gasteiger partial charge on any atom is 0.336 e. The van der Waals surface area contributed by atoms with Gasteiger partial charge in [0.25, 0.3) is 0 Å². The van der Waals surface area contributed by atoms with E-state index in [1.165, 1.54) is 7.11 Å². The molecule has 2 N–H and O–H groups in total. The Morgan fingerprint density at radius 1 is 1.24 bits per heavy atom. The van der Waals surface area contributed by atoms with Gasteiger partial charge in [-0.2, -0.15) is 0 Å². The van der Waals surface area contributed by atoms with Gasteiger partial charge >= 0.3 is 5.97 Å². The predicted molar refractivity (Wildman–Crippen MR) is 93.7 cm³/mol. The van der Waals surface area contributed by atoms with E-state index in [2.05, 4.69) is 19.2 Å². The average molecular weight is 341 g/mol. The van der Waals surface area contributed by atoms with E-state index in [1.54, 1.807) is 24.3 Å². The van der Waals surface area contributed by atoms with Gasteiger partial charge in [-0.05, 0) is 36.5 Å². The van der Waals surface area contributed by atoms with E-state index in [4.69, 9.17) is 4.74 Å². The Bertz CT molecular complexity index is 799. The number of dihydropyridines is 1. The van der Waals surface area contributed by atoms with E-state index in [-0.39, 0.29) is 16.9 Å². The highest BCUT2D eigenvalue weighted by Crippen LogP contribution is 2.46. The van der Waals surface area contributed by atoms with Crippen molar-refractivity contribution in [2.75, 3.05) is 7.11 Å². The van der Waals surface area contributed by atoms with Crippen LogP contribution in [0.5, 0.6) is 5.75 Å². The molecule has 2 aliphatic rings. The summed E-state index contributed by atoms with van der Waals surface area (Å²) in [6, 6.07) is 6.64. The molecule has 0 saturated heterocycles. The monoisotopic (exact) mass is 341 g/mol. The highest BCUT2D eigenvalue weighted by molar-refractivity contribution is 6.04. The lowest BCUT2D eigenvalue weighted by Crippen LogP contribution is -2.38. The van der Waals surface area contributed by atoms with Gasteiger partial charge < -0.3 is 15.2 Å². The topological polar surface area (TPSA) is 75.6 Å². The molecule has 3 rings (SSSR count). The van der Waals surface area contributed by atoms with Crippen molar-refractivity contribution in [3.8, 4) is 5.75 Å². The molecular formula is C20H23NO4. The minimum atomic E-state index is -0.479. The molecular weight excluding hydrogens is 318 g/mol. The van der Waals surface area contributed by atoms with Gasteiger partial charge in [-0.15, -0.1) is 0 Å². The third-order valence-corrected chi connectivity index (χ3v) is 4.87. The van der Waals surface area contributed by atoms with Crippen LogP contribution in [0, 0.1) is 5.41 Å². The van der Waals surface area contributed by atoms with Crippen LogP contribution in [-0.2, 0) is 14.3 Å². The van der Waals surface area contributed by atoms with Gasteiger partial charge in [0.15, 0.2) is 5.78 Å². The molecule has 1 aromatic carbocycles. The van der Waals surface area contributed by atoms with Gasteiger partial charge in [0.05, 0.1) is 12.7 Å². The van der Waals surface area contributed by atoms with Crippen molar-refractivity contribution in [3.05, 3.63) is 52.4 Å². The lowest BCUT2D eigenvalue weighted by Gasteiger charge is -2.39. The molecule has 0 bridgehead atoms. The van der Waals surface area contributed by atoms with Crippen LogP contribution < -0.4 is 5.32 Å². The first-order chi connectivity index (χ1) is 11.7. The molecule has 0 saturated carbocycles. The number of allylic oxidation sites excluding steroid dienone is 3. The summed E-state index contributed by atoms with van der Waals surface area (Å²) in [6.45, 7) is 5.97. The summed E-state index contributed by atoms with van der Waals surface area (Å²) in [5.41, 5.74) is 3.33. The number of ketones is 1. The van der Waals surface area contributed by atoms with Crippen molar-refractivity contribution in [1.82, 2.24) is 5.32 Å². The molecule has 0 unspecified atom stereocenters. The largest absolute Gasteiger partial charge is 0.508 e. The third kappa shape index (κ3) is 3.06. The highest BCUT2D eigenvalue weighted by atomic mass is 16.5. The van der Waals surface area contributed by atoms with E-state index in [1.807, 2.05) is 6.92 Å². The zero-order chi connectivity index (χ0) is 18.4. The van der Waals surface area contributed by atoms with Crippen LogP contribution in [-0.4, -0.2) is 24.0 Å². The Morgan fingerprint density at radius 3 is 2.48 bits per heavy atom. The number of carbonyl (C=O) groups is 2. The molecule has 0 radical (unpaired) electrons. The summed E-state index contributed by atoms with van der Waals surface area (Å²) in [5.74, 6) is -0.741. The SMILES string of the molecule is COC(=O)C1=C(C)NC2=C(C(=O)CC(C)(C)C2)[C@@H]1c1ccc(O)cc1. The number of carbonyl (C=O) groups excluding carboxylic acids is 2. The standard InChI is InChI=1S/C20H23NO4/c1-11-16(19(24)25-4)17(12-5-7-13(22)8-6-12)18-14(21-11)9-20(2,3)10-15(18)23/h5-8,17,21-22H,9-10H2,1-4H3/t17-/m1/s1. The second-order valence-corrected chi connectivity index (χ2v) is 7.51. The summed E-state index contributed by atoms with van der Waals surface area (Å²) >= 11 is 0. The summed E-state index contributed by atoms with van der Waals surface area (Å²) < 4.78 is 4.97. The number of esters is 1. The normalized spacial score (nSPS) is 22.4. The van der Waals surface area contributed by atoms with Gasteiger partial charge in [-0.3, -0.25) is 4.79 Å². The fourth-order valence-corrected chi connectivity index (χ4v) is 3.82. The minimum absolute atomic E-state index is 0.0470. The van der Waals surface area contributed by atoms with Crippen LogP contribution >= 0.6 is 0 Å². The third-order valence-electron chi connectivity index (χ3n) is 4.87. The molecule has 1 aliphatic carbocycles. The van der Waals surface area contributed by atoms with E-state index >= 15 is 0 Å². The van der Waals surface area contributed by atoms with Crippen LogP contribution in [0.3, 0.4) is 0 Å². The van der Waals surface area contributed by atoms with Gasteiger partial charge in [-0.1, -0.05) is 26.0 Å². The summed E-state index contributed by atoms with van der Waals surface area (Å²) in [5, 5.41) is 12.9. The first kappa shape index (κ1) is 17.3. The number of phenols is 1. The Hall–Kier alpha value is -2.56. The Morgan fingerprint density at radius 2 is 1.88 bits per heavy atom. The first-order valence-electron chi connectivity index (χ1n) is 8.35. The Balaban J connectivity index is 2.19. The molecule has 0 aromatic heterocycles. The maximum atomic E-state index is 12.9. The molecule has 25 heavy (non-hydrogen) atoms. The lowest BCUT2D eigenvalue weighted by atomic mass is 9.68. The van der Waals surface area contributed by atoms with Crippen molar-refractivity contribution in [2.24, 2.45) is 5.41 Å².